The minimum absolute atomic E-state index is 0.00594. The topological polar surface area (TPSA) is 114 Å². The van der Waals surface area contributed by atoms with Crippen LogP contribution in [-0.2, 0) is 19.1 Å². The molecule has 8 nitrogen and oxygen atoms in total. The third kappa shape index (κ3) is 5.03. The van der Waals surface area contributed by atoms with Crippen LogP contribution < -0.4 is 21.3 Å². The van der Waals surface area contributed by atoms with E-state index >= 15 is 0 Å². The zero-order chi connectivity index (χ0) is 19.3. The summed E-state index contributed by atoms with van der Waals surface area (Å²) in [6.45, 7) is 6.35. The number of hydrogen-bond acceptors (Lipinski definition) is 5. The van der Waals surface area contributed by atoms with Crippen molar-refractivity contribution in [3.8, 4) is 0 Å². The van der Waals surface area contributed by atoms with E-state index in [1.165, 1.54) is 0 Å². The van der Waals surface area contributed by atoms with E-state index in [1.54, 1.807) is 49.9 Å². The summed E-state index contributed by atoms with van der Waals surface area (Å²) in [7, 11) is 0. The van der Waals surface area contributed by atoms with Crippen LogP contribution in [0, 0.1) is 5.41 Å². The molecule has 0 spiro atoms. The van der Waals surface area contributed by atoms with Gasteiger partial charge in [0.25, 0.3) is 5.91 Å². The number of morpholine rings is 1. The predicted molar refractivity (Wildman–Crippen MR) is 98.7 cm³/mol. The summed E-state index contributed by atoms with van der Waals surface area (Å²) in [5.74, 6) is -0.731. The molecule has 2 rings (SSSR count). The van der Waals surface area contributed by atoms with Gasteiger partial charge in [0.05, 0.1) is 6.61 Å². The molecule has 0 aromatic heterocycles. The Morgan fingerprint density at radius 3 is 2.46 bits per heavy atom. The summed E-state index contributed by atoms with van der Waals surface area (Å²) in [5, 5.41) is 5.38. The summed E-state index contributed by atoms with van der Waals surface area (Å²) < 4.78 is 5.11. The number of nitrogens with one attached hydrogen (secondary N) is 2. The number of nitrogens with zero attached hydrogens (tertiary/aromatic N) is 1. The molecule has 0 aliphatic carbocycles. The molecule has 3 amide bonds. The number of carbonyl (C=O) groups is 3. The molecule has 1 fully saturated rings. The van der Waals surface area contributed by atoms with Gasteiger partial charge in [-0.2, -0.15) is 0 Å². The number of amides is 3. The largest absolute Gasteiger partial charge is 0.370 e. The minimum Gasteiger partial charge on any atom is -0.370 e. The maximum absolute atomic E-state index is 12.4. The number of hydrogen-bond donors (Lipinski definition) is 3. The first-order valence-corrected chi connectivity index (χ1v) is 8.52. The maximum atomic E-state index is 12.4. The smallest absolute Gasteiger partial charge is 0.253 e. The van der Waals surface area contributed by atoms with Crippen LogP contribution in [0.4, 0.5) is 11.4 Å². The average Bonchev–Trinajstić information content (AvgIpc) is 2.59. The Balaban J connectivity index is 1.99. The molecule has 0 unspecified atom stereocenters. The molecule has 142 valence electrons. The van der Waals surface area contributed by atoms with Crippen molar-refractivity contribution in [2.45, 2.75) is 26.8 Å². The Morgan fingerprint density at radius 2 is 1.92 bits per heavy atom. The first-order chi connectivity index (χ1) is 12.2. The van der Waals surface area contributed by atoms with Crippen LogP contribution in [0.3, 0.4) is 0 Å². The molecular weight excluding hydrogens is 336 g/mol. The number of carbonyl (C=O) groups excluding carboxylic acids is 3. The molecule has 26 heavy (non-hydrogen) atoms. The normalized spacial score (nSPS) is 16.2. The molecule has 1 aromatic rings. The number of nitrogens with two attached hydrogens (primary N) is 1. The zero-order valence-electron chi connectivity index (χ0n) is 15.4. The van der Waals surface area contributed by atoms with E-state index in [0.717, 1.165) is 5.69 Å². The Bertz CT molecular complexity index is 667. The Kier molecular flexibility index (Phi) is 6.33. The zero-order valence-corrected chi connectivity index (χ0v) is 15.4. The van der Waals surface area contributed by atoms with Gasteiger partial charge in [-0.25, -0.2) is 0 Å². The molecule has 4 N–H and O–H groups in total. The van der Waals surface area contributed by atoms with Crippen molar-refractivity contribution < 1.29 is 19.1 Å². The SMILES string of the molecule is CC(C)(C)C(=O)N[C@H](CN)C(=O)Nc1ccc(N2CCOCC2=O)cc1. The number of anilines is 2. The average molecular weight is 362 g/mol. The lowest BCUT2D eigenvalue weighted by atomic mass is 9.95. The van der Waals surface area contributed by atoms with Crippen molar-refractivity contribution in [1.82, 2.24) is 5.32 Å². The Hall–Kier alpha value is -2.45. The van der Waals surface area contributed by atoms with E-state index in [-0.39, 0.29) is 30.9 Å². The Morgan fingerprint density at radius 1 is 1.27 bits per heavy atom. The van der Waals surface area contributed by atoms with Gasteiger partial charge in [0, 0.05) is 29.9 Å². The molecule has 1 aromatic carbocycles. The minimum atomic E-state index is -0.817. The molecule has 1 atom stereocenters. The van der Waals surface area contributed by atoms with Gasteiger partial charge in [-0.15, -0.1) is 0 Å². The van der Waals surface area contributed by atoms with Gasteiger partial charge in [0.2, 0.25) is 11.8 Å². The van der Waals surface area contributed by atoms with Crippen molar-refractivity contribution in [2.75, 3.05) is 36.5 Å². The lowest BCUT2D eigenvalue weighted by Gasteiger charge is -2.27. The molecule has 1 aliphatic rings. The van der Waals surface area contributed by atoms with Crippen molar-refractivity contribution >= 4 is 29.1 Å². The molecule has 0 saturated carbocycles. The van der Waals surface area contributed by atoms with Gasteiger partial charge in [-0.3, -0.25) is 14.4 Å². The summed E-state index contributed by atoms with van der Waals surface area (Å²) in [5.41, 5.74) is 6.31. The maximum Gasteiger partial charge on any atom is 0.253 e. The summed E-state index contributed by atoms with van der Waals surface area (Å²) in [6, 6.07) is 6.10. The third-order valence-corrected chi connectivity index (χ3v) is 3.97. The summed E-state index contributed by atoms with van der Waals surface area (Å²) in [6.07, 6.45) is 0. The van der Waals surface area contributed by atoms with Gasteiger partial charge in [0.1, 0.15) is 12.6 Å². The van der Waals surface area contributed by atoms with E-state index in [2.05, 4.69) is 10.6 Å². The van der Waals surface area contributed by atoms with Crippen LogP contribution >= 0.6 is 0 Å². The molecule has 1 heterocycles. The molecule has 0 radical (unpaired) electrons. The van der Waals surface area contributed by atoms with Crippen LogP contribution in [0.25, 0.3) is 0 Å². The van der Waals surface area contributed by atoms with Crippen LogP contribution in [0.15, 0.2) is 24.3 Å². The lowest BCUT2D eigenvalue weighted by Crippen LogP contribution is -2.51. The summed E-state index contributed by atoms with van der Waals surface area (Å²) >= 11 is 0. The highest BCUT2D eigenvalue weighted by Gasteiger charge is 2.27. The van der Waals surface area contributed by atoms with E-state index in [1.807, 2.05) is 0 Å². The molecule has 1 aliphatic heterocycles. The lowest BCUT2D eigenvalue weighted by molar-refractivity contribution is -0.131. The van der Waals surface area contributed by atoms with E-state index in [0.29, 0.717) is 18.8 Å². The summed E-state index contributed by atoms with van der Waals surface area (Å²) in [4.78, 5) is 37.9. The number of rotatable bonds is 5. The van der Waals surface area contributed by atoms with Crippen LogP contribution in [0.2, 0.25) is 0 Å². The van der Waals surface area contributed by atoms with Crippen molar-refractivity contribution in [3.63, 3.8) is 0 Å². The second-order valence-electron chi connectivity index (χ2n) is 7.15. The van der Waals surface area contributed by atoms with E-state index < -0.39 is 11.5 Å². The van der Waals surface area contributed by atoms with Crippen molar-refractivity contribution in [1.29, 1.82) is 0 Å². The first-order valence-electron chi connectivity index (χ1n) is 8.52. The highest BCUT2D eigenvalue weighted by Crippen LogP contribution is 2.20. The van der Waals surface area contributed by atoms with Gasteiger partial charge < -0.3 is 26.0 Å². The fraction of sp³-hybridized carbons (Fsp3) is 0.500. The number of benzene rings is 1. The Labute approximate surface area is 153 Å². The van der Waals surface area contributed by atoms with Crippen LogP contribution in [0.1, 0.15) is 20.8 Å². The second kappa shape index (κ2) is 8.29. The molecular formula is C18H26N4O4. The monoisotopic (exact) mass is 362 g/mol. The second-order valence-corrected chi connectivity index (χ2v) is 7.15. The van der Waals surface area contributed by atoms with Gasteiger partial charge in [-0.05, 0) is 24.3 Å². The van der Waals surface area contributed by atoms with Crippen LogP contribution in [0.5, 0.6) is 0 Å². The van der Waals surface area contributed by atoms with Gasteiger partial charge >= 0.3 is 0 Å². The fourth-order valence-electron chi connectivity index (χ4n) is 2.35. The first kappa shape index (κ1) is 19.9. The highest BCUT2D eigenvalue weighted by molar-refractivity contribution is 5.98. The van der Waals surface area contributed by atoms with Gasteiger partial charge in [0.15, 0.2) is 0 Å². The quantitative estimate of drug-likeness (QED) is 0.705. The van der Waals surface area contributed by atoms with Crippen LogP contribution in [-0.4, -0.2) is 50.1 Å². The third-order valence-electron chi connectivity index (χ3n) is 3.97. The molecule has 0 bridgehead atoms. The predicted octanol–water partition coefficient (Wildman–Crippen LogP) is 0.478. The standard InChI is InChI=1S/C18H26N4O4/c1-18(2,3)17(25)21-14(10-19)16(24)20-12-4-6-13(7-5-12)22-8-9-26-11-15(22)23/h4-7,14H,8-11,19H2,1-3H3,(H,20,24)(H,21,25)/t14-/m1/s1. The fourth-order valence-corrected chi connectivity index (χ4v) is 2.35. The van der Waals surface area contributed by atoms with Gasteiger partial charge in [-0.1, -0.05) is 20.8 Å². The number of ether oxygens (including phenoxy) is 1. The van der Waals surface area contributed by atoms with E-state index in [4.69, 9.17) is 10.5 Å². The van der Waals surface area contributed by atoms with Crippen molar-refractivity contribution in [2.24, 2.45) is 11.1 Å². The van der Waals surface area contributed by atoms with Crippen molar-refractivity contribution in [3.05, 3.63) is 24.3 Å². The molecule has 8 heteroatoms. The molecule has 1 saturated heterocycles. The van der Waals surface area contributed by atoms with E-state index in [9.17, 15) is 14.4 Å². The highest BCUT2D eigenvalue weighted by atomic mass is 16.5.